The molecule has 2 aromatic heterocycles. The Hall–Kier alpha value is -6.92. The quantitative estimate of drug-likeness (QED) is 0.0820. The number of hydrogen-bond acceptors (Lipinski definition) is 12. The van der Waals surface area contributed by atoms with E-state index in [4.69, 9.17) is 19.4 Å². The lowest BCUT2D eigenvalue weighted by Gasteiger charge is -2.39. The number of amides is 5. The van der Waals surface area contributed by atoms with E-state index < -0.39 is 23.3 Å². The summed E-state index contributed by atoms with van der Waals surface area (Å²) in [4.78, 5) is 81.1. The predicted molar refractivity (Wildman–Crippen MR) is 252 cm³/mol. The van der Waals surface area contributed by atoms with Gasteiger partial charge in [-0.05, 0) is 158 Å². The van der Waals surface area contributed by atoms with Gasteiger partial charge in [0.25, 0.3) is 12.4 Å². The van der Waals surface area contributed by atoms with Crippen LogP contribution in [0, 0.1) is 18.8 Å². The van der Waals surface area contributed by atoms with Crippen molar-refractivity contribution in [2.24, 2.45) is 11.8 Å². The number of aromatic amines is 1. The third kappa shape index (κ3) is 14.1. The van der Waals surface area contributed by atoms with Crippen LogP contribution in [0.3, 0.4) is 0 Å². The molecule has 2 saturated heterocycles. The van der Waals surface area contributed by atoms with Gasteiger partial charge in [-0.3, -0.25) is 24.2 Å². The van der Waals surface area contributed by atoms with Crippen LogP contribution in [0.4, 0.5) is 15.3 Å². The Morgan fingerprint density at radius 1 is 0.868 bits per heavy atom. The summed E-state index contributed by atoms with van der Waals surface area (Å²) in [6.45, 7) is 13.2. The van der Waals surface area contributed by atoms with Crippen LogP contribution < -0.4 is 21.3 Å². The van der Waals surface area contributed by atoms with Crippen molar-refractivity contribution in [3.8, 4) is 22.5 Å². The van der Waals surface area contributed by atoms with E-state index >= 15 is 0 Å². The number of alkyl carbamates (subject to hydrolysis) is 1. The lowest BCUT2D eigenvalue weighted by atomic mass is 9.81. The van der Waals surface area contributed by atoms with Gasteiger partial charge < -0.3 is 40.7 Å². The SMILES string of the molecule is Cc1cc(C(=O)NC2C[C@H]3CC[C@@H](C2)N3C(=O)OC(C)(C)C)ncc1-c1ccc(C[C@H](NC(=O)C2CCC(CNC(=O)OC(C)(C)C)CC2)C(=O)Nc2ccc(-c3nn[nH]n3)cc2)cc1.O=CO. The number of benzene rings is 2. The molecule has 1 saturated carbocycles. The number of nitrogens with zero attached hydrogens (tertiary/aromatic N) is 5. The van der Waals surface area contributed by atoms with Crippen molar-refractivity contribution >= 4 is 42.1 Å². The molecule has 19 nitrogen and oxygen atoms in total. The average molecular weight is 937 g/mol. The van der Waals surface area contributed by atoms with Gasteiger partial charge in [0.2, 0.25) is 17.6 Å². The highest BCUT2D eigenvalue weighted by Gasteiger charge is 2.45. The zero-order chi connectivity index (χ0) is 49.2. The van der Waals surface area contributed by atoms with Gasteiger partial charge >= 0.3 is 12.2 Å². The number of pyridine rings is 1. The molecule has 5 amide bonds. The fourth-order valence-corrected chi connectivity index (χ4v) is 9.09. The monoisotopic (exact) mass is 936 g/mol. The maximum atomic E-state index is 13.9. The highest BCUT2D eigenvalue weighted by Crippen LogP contribution is 2.37. The molecule has 2 bridgehead atoms. The molecule has 4 atom stereocenters. The molecule has 68 heavy (non-hydrogen) atoms. The fourth-order valence-electron chi connectivity index (χ4n) is 9.09. The first-order valence-electron chi connectivity index (χ1n) is 23.2. The summed E-state index contributed by atoms with van der Waals surface area (Å²) in [5.41, 5.74) is 3.91. The zero-order valence-corrected chi connectivity index (χ0v) is 39.8. The molecule has 6 N–H and O–H groups in total. The number of rotatable bonds is 12. The summed E-state index contributed by atoms with van der Waals surface area (Å²) < 4.78 is 11.0. The predicted octanol–water partition coefficient (Wildman–Crippen LogP) is 6.60. The lowest BCUT2D eigenvalue weighted by molar-refractivity contribution is -0.130. The zero-order valence-electron chi connectivity index (χ0n) is 39.8. The highest BCUT2D eigenvalue weighted by atomic mass is 16.6. The average Bonchev–Trinajstić information content (AvgIpc) is 3.92. The van der Waals surface area contributed by atoms with E-state index in [1.807, 2.05) is 77.6 Å². The van der Waals surface area contributed by atoms with Crippen molar-refractivity contribution in [1.29, 1.82) is 0 Å². The van der Waals surface area contributed by atoms with Gasteiger partial charge in [0.1, 0.15) is 22.9 Å². The van der Waals surface area contributed by atoms with Crippen molar-refractivity contribution in [3.63, 3.8) is 0 Å². The largest absolute Gasteiger partial charge is 0.483 e. The molecule has 2 aliphatic heterocycles. The van der Waals surface area contributed by atoms with Gasteiger partial charge in [-0.1, -0.05) is 24.3 Å². The Labute approximate surface area is 396 Å². The van der Waals surface area contributed by atoms with Crippen LogP contribution in [0.25, 0.3) is 22.5 Å². The smallest absolute Gasteiger partial charge is 0.410 e. The first kappa shape index (κ1) is 50.5. The third-order valence-corrected chi connectivity index (χ3v) is 12.3. The Bertz CT molecular complexity index is 2360. The maximum Gasteiger partial charge on any atom is 0.410 e. The fraction of sp³-hybridized carbons (Fsp3) is 0.510. The standard InChI is InChI=1S/C48H62N10O7.CH2O2/c1-28-22-39(43(60)52-35-24-36-20-21-37(25-35)58(36)46(63)65-48(5,6)7)49-27-38(28)31-12-8-29(9-13-31)23-40(44(61)51-34-18-16-32(17-19-34)41-54-56-57-55-41)53-42(59)33-14-10-30(11-15-33)26-50-45(62)64-47(2,3)4;2-1-3/h8-9,12-13,16-19,22,27,30,33,35-37,40H,10-11,14-15,20-21,23-26H2,1-7H3,(H,50,62)(H,51,61)(H,52,60)(H,53,59)(H,54,55,56,57);1H,(H,2,3)/t30?,33?,35?,36-,37+,40-;/m0./s1. The first-order valence-corrected chi connectivity index (χ1v) is 23.2. The summed E-state index contributed by atoms with van der Waals surface area (Å²) in [5.74, 6) is -0.410. The second-order valence-electron chi connectivity index (χ2n) is 19.8. The molecule has 1 unspecified atom stereocenters. The summed E-state index contributed by atoms with van der Waals surface area (Å²) in [5, 5.41) is 33.0. The number of fused-ring (bicyclic) bond motifs is 2. The Morgan fingerprint density at radius 2 is 1.49 bits per heavy atom. The molecule has 4 aromatic rings. The van der Waals surface area contributed by atoms with Gasteiger partial charge in [0, 0.05) is 60.0 Å². The number of tetrazole rings is 1. The molecule has 0 spiro atoms. The van der Waals surface area contributed by atoms with Crippen LogP contribution in [0.2, 0.25) is 0 Å². The molecule has 3 fully saturated rings. The third-order valence-electron chi connectivity index (χ3n) is 12.3. The van der Waals surface area contributed by atoms with E-state index in [1.165, 1.54) is 0 Å². The second kappa shape index (κ2) is 22.3. The van der Waals surface area contributed by atoms with Gasteiger partial charge in [-0.2, -0.15) is 5.21 Å². The van der Waals surface area contributed by atoms with E-state index in [2.05, 4.69) is 46.9 Å². The van der Waals surface area contributed by atoms with Crippen LogP contribution in [0.5, 0.6) is 0 Å². The summed E-state index contributed by atoms with van der Waals surface area (Å²) >= 11 is 0. The van der Waals surface area contributed by atoms with Crippen molar-refractivity contribution in [1.82, 2.24) is 46.5 Å². The Morgan fingerprint density at radius 3 is 2.06 bits per heavy atom. The Kier molecular flexibility index (Phi) is 16.5. The number of carbonyl (C=O) groups is 6. The van der Waals surface area contributed by atoms with E-state index in [-0.39, 0.29) is 66.7 Å². The first-order chi connectivity index (χ1) is 32.3. The topological polar surface area (TPSA) is 260 Å². The number of aromatic nitrogens is 5. The summed E-state index contributed by atoms with van der Waals surface area (Å²) in [7, 11) is 0. The highest BCUT2D eigenvalue weighted by molar-refractivity contribution is 5.98. The molecular formula is C49H64N10O9. The normalized spacial score (nSPS) is 20.4. The Balaban J connectivity index is 0.00000247. The number of ether oxygens (including phenoxy) is 2. The van der Waals surface area contributed by atoms with Gasteiger partial charge in [0.05, 0.1) is 0 Å². The lowest BCUT2D eigenvalue weighted by Crippen LogP contribution is -2.53. The second-order valence-corrected chi connectivity index (χ2v) is 19.8. The number of carbonyl (C=O) groups excluding carboxylic acids is 5. The van der Waals surface area contributed by atoms with Crippen molar-refractivity contribution in [3.05, 3.63) is 77.6 Å². The van der Waals surface area contributed by atoms with Crippen LogP contribution in [-0.2, 0) is 30.3 Å². The summed E-state index contributed by atoms with van der Waals surface area (Å²) in [6, 6.07) is 15.7. The minimum Gasteiger partial charge on any atom is -0.483 e. The molecule has 4 heterocycles. The summed E-state index contributed by atoms with van der Waals surface area (Å²) in [6.07, 6.45) is 7.12. The molecule has 2 aromatic carbocycles. The van der Waals surface area contributed by atoms with E-state index in [0.29, 0.717) is 49.4 Å². The molecule has 7 rings (SSSR count). The number of carboxylic acid groups (broad SMARTS) is 1. The van der Waals surface area contributed by atoms with E-state index in [0.717, 1.165) is 53.5 Å². The van der Waals surface area contributed by atoms with Crippen LogP contribution >= 0.6 is 0 Å². The molecule has 0 radical (unpaired) electrons. The van der Waals surface area contributed by atoms with Crippen molar-refractivity contribution < 1.29 is 43.3 Å². The molecule has 1 aliphatic carbocycles. The molecule has 3 aliphatic rings. The van der Waals surface area contributed by atoms with E-state index in [9.17, 15) is 24.0 Å². The number of aryl methyl sites for hydroxylation is 1. The van der Waals surface area contributed by atoms with Crippen LogP contribution in [-0.4, -0.2) is 114 Å². The number of anilines is 1. The minimum atomic E-state index is -0.877. The minimum absolute atomic E-state index is 0.0317. The van der Waals surface area contributed by atoms with Gasteiger partial charge in [-0.25, -0.2) is 9.59 Å². The van der Waals surface area contributed by atoms with Crippen molar-refractivity contribution in [2.75, 3.05) is 11.9 Å². The molecule has 364 valence electrons. The number of piperidine rings is 1. The number of H-pyrrole nitrogens is 1. The molecular weight excluding hydrogens is 873 g/mol. The number of nitrogens with one attached hydrogen (secondary N) is 5. The van der Waals surface area contributed by atoms with Crippen molar-refractivity contribution in [2.45, 2.75) is 142 Å². The molecule has 19 heteroatoms. The van der Waals surface area contributed by atoms with Gasteiger partial charge in [-0.15, -0.1) is 10.2 Å². The maximum absolute atomic E-state index is 13.9. The van der Waals surface area contributed by atoms with E-state index in [1.54, 1.807) is 36.5 Å². The van der Waals surface area contributed by atoms with Crippen LogP contribution in [0.15, 0.2) is 60.8 Å². The number of hydrogen-bond donors (Lipinski definition) is 6. The van der Waals surface area contributed by atoms with Gasteiger partial charge in [0.15, 0.2) is 0 Å². The van der Waals surface area contributed by atoms with Crippen LogP contribution in [0.1, 0.15) is 115 Å².